The lowest BCUT2D eigenvalue weighted by atomic mass is 9.93. The summed E-state index contributed by atoms with van der Waals surface area (Å²) in [6.45, 7) is 7.89. The minimum Gasteiger partial charge on any atom is -0.348 e. The van der Waals surface area contributed by atoms with Gasteiger partial charge in [0.05, 0.1) is 10.2 Å². The number of aromatic nitrogens is 1. The highest BCUT2D eigenvalue weighted by Crippen LogP contribution is 2.31. The minimum absolute atomic E-state index is 0.232. The summed E-state index contributed by atoms with van der Waals surface area (Å²) >= 11 is 1.76. The molecule has 0 aliphatic carbocycles. The number of amides is 1. The Bertz CT molecular complexity index is 663. The Hall–Kier alpha value is -1.62. The molecule has 1 saturated heterocycles. The van der Waals surface area contributed by atoms with E-state index >= 15 is 0 Å². The van der Waals surface area contributed by atoms with Gasteiger partial charge < -0.3 is 9.80 Å². The molecule has 1 fully saturated rings. The Labute approximate surface area is 142 Å². The van der Waals surface area contributed by atoms with E-state index in [9.17, 15) is 4.79 Å². The first-order valence-electron chi connectivity index (χ1n) is 8.24. The number of fused-ring (bicyclic) bond motifs is 1. The third-order valence-corrected chi connectivity index (χ3v) is 5.62. The van der Waals surface area contributed by atoms with Crippen molar-refractivity contribution in [2.24, 2.45) is 5.41 Å². The van der Waals surface area contributed by atoms with E-state index < -0.39 is 0 Å². The van der Waals surface area contributed by atoms with Crippen molar-refractivity contribution in [3.05, 3.63) is 24.3 Å². The molecule has 5 heteroatoms. The van der Waals surface area contributed by atoms with Crippen molar-refractivity contribution in [1.82, 2.24) is 9.88 Å². The summed E-state index contributed by atoms with van der Waals surface area (Å²) < 4.78 is 1.24. The van der Waals surface area contributed by atoms with Crippen LogP contribution >= 0.6 is 11.3 Å². The van der Waals surface area contributed by atoms with Gasteiger partial charge in [-0.3, -0.25) is 4.79 Å². The standard InChI is InChI=1S/C18H25N3OS/c1-18(2,3)16(22)20(4)13-9-11-21(12-10-13)17-19-14-7-5-6-8-15(14)23-17/h5-8,13H,9-12H2,1-4H3. The molecular weight excluding hydrogens is 306 g/mol. The van der Waals surface area contributed by atoms with Crippen molar-refractivity contribution in [2.45, 2.75) is 39.7 Å². The van der Waals surface area contributed by atoms with Crippen LogP contribution in [0.2, 0.25) is 0 Å². The molecule has 1 aromatic carbocycles. The molecule has 1 aromatic heterocycles. The Morgan fingerprint density at radius 2 is 1.91 bits per heavy atom. The van der Waals surface area contributed by atoms with Gasteiger partial charge in [-0.1, -0.05) is 44.2 Å². The second kappa shape index (κ2) is 6.11. The van der Waals surface area contributed by atoms with E-state index in [0.717, 1.165) is 36.6 Å². The summed E-state index contributed by atoms with van der Waals surface area (Å²) in [5.41, 5.74) is 0.772. The van der Waals surface area contributed by atoms with Crippen molar-refractivity contribution in [3.8, 4) is 0 Å². The number of nitrogens with zero attached hydrogens (tertiary/aromatic N) is 3. The van der Waals surface area contributed by atoms with Gasteiger partial charge in [0.15, 0.2) is 5.13 Å². The first-order chi connectivity index (χ1) is 10.9. The first-order valence-corrected chi connectivity index (χ1v) is 9.06. The van der Waals surface area contributed by atoms with Crippen LogP contribution in [0.1, 0.15) is 33.6 Å². The lowest BCUT2D eigenvalue weighted by Gasteiger charge is -2.38. The number of hydrogen-bond acceptors (Lipinski definition) is 4. The Morgan fingerprint density at radius 3 is 2.52 bits per heavy atom. The van der Waals surface area contributed by atoms with Crippen LogP contribution in [0.4, 0.5) is 5.13 Å². The molecule has 1 aliphatic heterocycles. The number of thiazole rings is 1. The average molecular weight is 331 g/mol. The molecule has 23 heavy (non-hydrogen) atoms. The molecule has 0 radical (unpaired) electrons. The summed E-state index contributed by atoms with van der Waals surface area (Å²) in [4.78, 5) is 21.5. The fourth-order valence-electron chi connectivity index (χ4n) is 3.13. The Kier molecular flexibility index (Phi) is 4.32. The zero-order chi connectivity index (χ0) is 16.6. The fraction of sp³-hybridized carbons (Fsp3) is 0.556. The SMILES string of the molecule is CN(C(=O)C(C)(C)C)C1CCN(c2nc3ccccc3s2)CC1. The third-order valence-electron chi connectivity index (χ3n) is 4.53. The number of carbonyl (C=O) groups is 1. The predicted octanol–water partition coefficient (Wildman–Crippen LogP) is 3.77. The largest absolute Gasteiger partial charge is 0.348 e. The van der Waals surface area contributed by atoms with Crippen LogP contribution in [-0.2, 0) is 4.79 Å². The maximum Gasteiger partial charge on any atom is 0.227 e. The quantitative estimate of drug-likeness (QED) is 0.840. The van der Waals surface area contributed by atoms with Crippen molar-refractivity contribution in [1.29, 1.82) is 0 Å². The predicted molar refractivity (Wildman–Crippen MR) is 97.1 cm³/mol. The highest BCUT2D eigenvalue weighted by atomic mass is 32.1. The Morgan fingerprint density at radius 1 is 1.26 bits per heavy atom. The van der Waals surface area contributed by atoms with Gasteiger partial charge >= 0.3 is 0 Å². The number of piperidine rings is 1. The van der Waals surface area contributed by atoms with Crippen LogP contribution in [0.5, 0.6) is 0 Å². The van der Waals surface area contributed by atoms with Gasteiger partial charge in [0.1, 0.15) is 0 Å². The van der Waals surface area contributed by atoms with Gasteiger partial charge in [-0.25, -0.2) is 4.98 Å². The molecule has 2 heterocycles. The molecule has 0 saturated carbocycles. The van der Waals surface area contributed by atoms with E-state index in [0.29, 0.717) is 6.04 Å². The van der Waals surface area contributed by atoms with Crippen molar-refractivity contribution < 1.29 is 4.79 Å². The second-order valence-corrected chi connectivity index (χ2v) is 8.36. The average Bonchev–Trinajstić information content (AvgIpc) is 2.96. The van der Waals surface area contributed by atoms with E-state index in [-0.39, 0.29) is 11.3 Å². The summed E-state index contributed by atoms with van der Waals surface area (Å²) in [7, 11) is 1.95. The highest BCUT2D eigenvalue weighted by molar-refractivity contribution is 7.22. The van der Waals surface area contributed by atoms with Gasteiger partial charge in [0.2, 0.25) is 5.91 Å². The van der Waals surface area contributed by atoms with Gasteiger partial charge in [-0.2, -0.15) is 0 Å². The summed E-state index contributed by atoms with van der Waals surface area (Å²) in [6, 6.07) is 8.62. The van der Waals surface area contributed by atoms with E-state index in [1.54, 1.807) is 11.3 Å². The van der Waals surface area contributed by atoms with Crippen LogP contribution in [0, 0.1) is 5.41 Å². The van der Waals surface area contributed by atoms with Crippen molar-refractivity contribution >= 4 is 32.6 Å². The number of rotatable bonds is 2. The van der Waals surface area contributed by atoms with E-state index in [1.807, 2.05) is 38.8 Å². The van der Waals surface area contributed by atoms with Crippen LogP contribution in [0.15, 0.2) is 24.3 Å². The van der Waals surface area contributed by atoms with E-state index in [4.69, 9.17) is 4.98 Å². The zero-order valence-corrected chi connectivity index (χ0v) is 15.2. The fourth-order valence-corrected chi connectivity index (χ4v) is 4.15. The monoisotopic (exact) mass is 331 g/mol. The third kappa shape index (κ3) is 3.34. The number of para-hydroxylation sites is 1. The number of carbonyl (C=O) groups excluding carboxylic acids is 1. The molecule has 0 unspecified atom stereocenters. The maximum atomic E-state index is 12.4. The molecule has 0 N–H and O–H groups in total. The molecule has 0 bridgehead atoms. The Balaban J connectivity index is 1.65. The topological polar surface area (TPSA) is 36.4 Å². The number of benzene rings is 1. The van der Waals surface area contributed by atoms with Gasteiger partial charge in [0.25, 0.3) is 0 Å². The lowest BCUT2D eigenvalue weighted by Crippen LogP contribution is -2.48. The molecule has 124 valence electrons. The smallest absolute Gasteiger partial charge is 0.227 e. The molecule has 4 nitrogen and oxygen atoms in total. The maximum absolute atomic E-state index is 12.4. The van der Waals surface area contributed by atoms with Crippen LogP contribution in [-0.4, -0.2) is 42.0 Å². The van der Waals surface area contributed by atoms with Crippen molar-refractivity contribution in [3.63, 3.8) is 0 Å². The molecular formula is C18H25N3OS. The van der Waals surface area contributed by atoms with E-state index in [1.165, 1.54) is 4.70 Å². The highest BCUT2D eigenvalue weighted by Gasteiger charge is 2.31. The number of hydrogen-bond donors (Lipinski definition) is 0. The molecule has 1 amide bonds. The number of anilines is 1. The zero-order valence-electron chi connectivity index (χ0n) is 14.4. The summed E-state index contributed by atoms with van der Waals surface area (Å²) in [6.07, 6.45) is 2.02. The molecule has 0 spiro atoms. The van der Waals surface area contributed by atoms with Gasteiger partial charge in [-0.15, -0.1) is 0 Å². The first kappa shape index (κ1) is 16.2. The van der Waals surface area contributed by atoms with Gasteiger partial charge in [-0.05, 0) is 25.0 Å². The minimum atomic E-state index is -0.307. The van der Waals surface area contributed by atoms with Gasteiger partial charge in [0, 0.05) is 31.6 Å². The summed E-state index contributed by atoms with van der Waals surface area (Å²) in [5.74, 6) is 0.232. The normalized spacial score (nSPS) is 16.8. The summed E-state index contributed by atoms with van der Waals surface area (Å²) in [5, 5.41) is 1.11. The van der Waals surface area contributed by atoms with Crippen LogP contribution in [0.3, 0.4) is 0 Å². The van der Waals surface area contributed by atoms with E-state index in [2.05, 4.69) is 23.1 Å². The molecule has 1 aliphatic rings. The molecule has 2 aromatic rings. The molecule has 3 rings (SSSR count). The van der Waals surface area contributed by atoms with Crippen LogP contribution < -0.4 is 4.90 Å². The van der Waals surface area contributed by atoms with Crippen LogP contribution in [0.25, 0.3) is 10.2 Å². The lowest BCUT2D eigenvalue weighted by molar-refractivity contribution is -0.140. The second-order valence-electron chi connectivity index (χ2n) is 7.35. The molecule has 0 atom stereocenters. The van der Waals surface area contributed by atoms with Crippen molar-refractivity contribution in [2.75, 3.05) is 25.0 Å².